The molecule has 0 aliphatic rings. The van der Waals surface area contributed by atoms with Crippen LogP contribution in [-0.4, -0.2) is 5.76 Å². The van der Waals surface area contributed by atoms with Gasteiger partial charge in [0.05, 0.1) is 0 Å². The molecule has 100 valence electrons. The van der Waals surface area contributed by atoms with Crippen LogP contribution in [0, 0.1) is 5.82 Å². The normalized spacial score (nSPS) is 11.0. The highest BCUT2D eigenvalue weighted by molar-refractivity contribution is 7.99. The summed E-state index contributed by atoms with van der Waals surface area (Å²) in [5.41, 5.74) is 7.54. The third-order valence-corrected chi connectivity index (χ3v) is 3.40. The zero-order valence-electron chi connectivity index (χ0n) is 9.95. The Balaban J connectivity index is 2.27. The van der Waals surface area contributed by atoms with Crippen LogP contribution in [0.25, 0.3) is 11.1 Å². The van der Waals surface area contributed by atoms with Crippen molar-refractivity contribution in [3.05, 3.63) is 53.8 Å². The van der Waals surface area contributed by atoms with Crippen LogP contribution in [0.1, 0.15) is 5.56 Å². The molecular weight excluding hydrogens is 271 g/mol. The molecule has 2 aromatic carbocycles. The number of hydrogen-bond acceptors (Lipinski definition) is 2. The van der Waals surface area contributed by atoms with Gasteiger partial charge < -0.3 is 5.73 Å². The van der Waals surface area contributed by atoms with Crippen molar-refractivity contribution in [2.45, 2.75) is 17.2 Å². The minimum absolute atomic E-state index is 0.124. The molecule has 0 amide bonds. The first-order valence-corrected chi connectivity index (χ1v) is 6.52. The molecule has 1 nitrogen and oxygen atoms in total. The number of alkyl halides is 2. The molecule has 2 aromatic rings. The van der Waals surface area contributed by atoms with Crippen molar-refractivity contribution in [1.29, 1.82) is 0 Å². The van der Waals surface area contributed by atoms with Crippen molar-refractivity contribution in [3.63, 3.8) is 0 Å². The summed E-state index contributed by atoms with van der Waals surface area (Å²) >= 11 is 0.499. The van der Waals surface area contributed by atoms with Gasteiger partial charge >= 0.3 is 0 Å². The molecule has 0 bridgehead atoms. The van der Waals surface area contributed by atoms with Crippen LogP contribution < -0.4 is 5.73 Å². The maximum absolute atomic E-state index is 13.3. The van der Waals surface area contributed by atoms with Crippen molar-refractivity contribution in [3.8, 4) is 11.1 Å². The van der Waals surface area contributed by atoms with Crippen molar-refractivity contribution >= 4 is 11.8 Å². The Kier molecular flexibility index (Phi) is 4.50. The molecule has 0 saturated heterocycles. The lowest BCUT2D eigenvalue weighted by Gasteiger charge is -2.06. The first-order chi connectivity index (χ1) is 9.10. The Labute approximate surface area is 113 Å². The first kappa shape index (κ1) is 14.0. The van der Waals surface area contributed by atoms with Gasteiger partial charge in [0.1, 0.15) is 5.82 Å². The summed E-state index contributed by atoms with van der Waals surface area (Å²) in [5, 5.41) is 0. The molecule has 0 spiro atoms. The van der Waals surface area contributed by atoms with Gasteiger partial charge in [0.15, 0.2) is 0 Å². The lowest BCUT2D eigenvalue weighted by atomic mass is 10.0. The quantitative estimate of drug-likeness (QED) is 0.848. The van der Waals surface area contributed by atoms with E-state index in [1.165, 1.54) is 6.07 Å². The predicted molar refractivity (Wildman–Crippen MR) is 71.6 cm³/mol. The van der Waals surface area contributed by atoms with Crippen molar-refractivity contribution in [1.82, 2.24) is 0 Å². The fourth-order valence-corrected chi connectivity index (χ4v) is 2.24. The lowest BCUT2D eigenvalue weighted by Crippen LogP contribution is -1.99. The van der Waals surface area contributed by atoms with E-state index in [0.29, 0.717) is 22.2 Å². The topological polar surface area (TPSA) is 26.0 Å². The molecule has 2 rings (SSSR count). The van der Waals surface area contributed by atoms with Gasteiger partial charge in [0.25, 0.3) is 5.76 Å². The van der Waals surface area contributed by atoms with Crippen molar-refractivity contribution in [2.24, 2.45) is 5.73 Å². The number of thioether (sulfide) groups is 1. The van der Waals surface area contributed by atoms with E-state index in [9.17, 15) is 13.2 Å². The van der Waals surface area contributed by atoms with Crippen LogP contribution >= 0.6 is 11.8 Å². The van der Waals surface area contributed by atoms with Crippen LogP contribution in [0.3, 0.4) is 0 Å². The number of benzene rings is 2. The number of rotatable bonds is 4. The predicted octanol–water partition coefficient (Wildman–Crippen LogP) is 4.27. The largest absolute Gasteiger partial charge is 0.326 e. The summed E-state index contributed by atoms with van der Waals surface area (Å²) in [6.45, 7) is 0.124. The molecule has 0 unspecified atom stereocenters. The molecule has 0 radical (unpaired) electrons. The van der Waals surface area contributed by atoms with Gasteiger partial charge in [-0.25, -0.2) is 4.39 Å². The van der Waals surface area contributed by atoms with Gasteiger partial charge in [-0.15, -0.1) is 0 Å². The van der Waals surface area contributed by atoms with E-state index in [1.54, 1.807) is 36.4 Å². The molecule has 19 heavy (non-hydrogen) atoms. The molecule has 0 heterocycles. The molecule has 0 aliphatic heterocycles. The van der Waals surface area contributed by atoms with E-state index in [4.69, 9.17) is 5.73 Å². The van der Waals surface area contributed by atoms with E-state index in [2.05, 4.69) is 0 Å². The number of hydrogen-bond donors (Lipinski definition) is 1. The van der Waals surface area contributed by atoms with Gasteiger partial charge in [-0.1, -0.05) is 30.0 Å². The second kappa shape index (κ2) is 6.12. The fraction of sp³-hybridized carbons (Fsp3) is 0.143. The third-order valence-electron chi connectivity index (χ3n) is 2.68. The minimum Gasteiger partial charge on any atom is -0.326 e. The van der Waals surface area contributed by atoms with Crippen LogP contribution in [0.2, 0.25) is 0 Å². The van der Waals surface area contributed by atoms with Gasteiger partial charge in [-0.05, 0) is 35.4 Å². The van der Waals surface area contributed by atoms with Gasteiger partial charge in [0.2, 0.25) is 0 Å². The number of halogens is 3. The highest BCUT2D eigenvalue weighted by atomic mass is 32.2. The maximum atomic E-state index is 13.3. The Morgan fingerprint density at radius 2 is 1.63 bits per heavy atom. The SMILES string of the molecule is NCc1cc(-c2ccc(SC(F)F)cc2)ccc1F. The molecule has 2 N–H and O–H groups in total. The molecular formula is C14H12F3NS. The molecule has 0 aromatic heterocycles. The Bertz CT molecular complexity index is 555. The number of nitrogens with two attached hydrogens (primary N) is 1. The zero-order valence-corrected chi connectivity index (χ0v) is 10.8. The van der Waals surface area contributed by atoms with Crippen LogP contribution in [-0.2, 0) is 6.54 Å². The minimum atomic E-state index is -2.43. The lowest BCUT2D eigenvalue weighted by molar-refractivity contribution is 0.252. The van der Waals surface area contributed by atoms with Crippen LogP contribution in [0.5, 0.6) is 0 Å². The van der Waals surface area contributed by atoms with Crippen molar-refractivity contribution in [2.75, 3.05) is 0 Å². The Hall–Kier alpha value is -1.46. The first-order valence-electron chi connectivity index (χ1n) is 5.64. The van der Waals surface area contributed by atoms with Crippen LogP contribution in [0.4, 0.5) is 13.2 Å². The van der Waals surface area contributed by atoms with E-state index in [0.717, 1.165) is 11.1 Å². The molecule has 0 aliphatic carbocycles. The average molecular weight is 283 g/mol. The summed E-state index contributed by atoms with van der Waals surface area (Å²) in [6.07, 6.45) is 0. The van der Waals surface area contributed by atoms with Gasteiger partial charge in [-0.3, -0.25) is 0 Å². The fourth-order valence-electron chi connectivity index (χ4n) is 1.74. The average Bonchev–Trinajstić information content (AvgIpc) is 2.40. The summed E-state index contributed by atoms with van der Waals surface area (Å²) in [6, 6.07) is 11.4. The van der Waals surface area contributed by atoms with E-state index < -0.39 is 5.76 Å². The Morgan fingerprint density at radius 1 is 1.00 bits per heavy atom. The monoisotopic (exact) mass is 283 g/mol. The summed E-state index contributed by atoms with van der Waals surface area (Å²) in [5.74, 6) is -2.77. The summed E-state index contributed by atoms with van der Waals surface area (Å²) < 4.78 is 37.7. The molecule has 5 heteroatoms. The van der Waals surface area contributed by atoms with E-state index >= 15 is 0 Å². The highest BCUT2D eigenvalue weighted by Crippen LogP contribution is 2.28. The standard InChI is InChI=1S/C14H12F3NS/c15-13-6-3-10(7-11(13)8-18)9-1-4-12(5-2-9)19-14(16)17/h1-7,14H,8,18H2. The van der Waals surface area contributed by atoms with Gasteiger partial charge in [-0.2, -0.15) is 8.78 Å². The van der Waals surface area contributed by atoms with Gasteiger partial charge in [0, 0.05) is 17.0 Å². The second-order valence-corrected chi connectivity index (χ2v) is 4.98. The molecule has 0 fully saturated rings. The Morgan fingerprint density at radius 3 is 2.21 bits per heavy atom. The summed E-state index contributed by atoms with van der Waals surface area (Å²) in [7, 11) is 0. The maximum Gasteiger partial charge on any atom is 0.288 e. The third kappa shape index (κ3) is 3.52. The van der Waals surface area contributed by atoms with E-state index in [1.807, 2.05) is 0 Å². The summed E-state index contributed by atoms with van der Waals surface area (Å²) in [4.78, 5) is 0.500. The smallest absolute Gasteiger partial charge is 0.288 e. The highest BCUT2D eigenvalue weighted by Gasteiger charge is 2.07. The second-order valence-electron chi connectivity index (χ2n) is 3.91. The molecule has 0 atom stereocenters. The van der Waals surface area contributed by atoms with Crippen LogP contribution in [0.15, 0.2) is 47.4 Å². The van der Waals surface area contributed by atoms with E-state index in [-0.39, 0.29) is 12.4 Å². The zero-order chi connectivity index (χ0) is 13.8. The molecule has 0 saturated carbocycles. The van der Waals surface area contributed by atoms with Crippen molar-refractivity contribution < 1.29 is 13.2 Å².